The van der Waals surface area contributed by atoms with Gasteiger partial charge in [0.25, 0.3) is 0 Å². The third-order valence-corrected chi connectivity index (χ3v) is 3.64. The van der Waals surface area contributed by atoms with Crippen molar-refractivity contribution in [3.05, 3.63) is 53.1 Å². The number of urea groups is 1. The van der Waals surface area contributed by atoms with Crippen LogP contribution in [-0.4, -0.2) is 25.3 Å². The van der Waals surface area contributed by atoms with Crippen molar-refractivity contribution in [1.29, 1.82) is 0 Å². The Hall–Kier alpha value is -2.93. The number of benzene rings is 2. The zero-order chi connectivity index (χ0) is 17.6. The number of fused-ring (bicyclic) bond motifs is 1. The first-order valence-corrected chi connectivity index (χ1v) is 7.93. The predicted octanol–water partition coefficient (Wildman–Crippen LogP) is 2.51. The van der Waals surface area contributed by atoms with E-state index in [1.54, 1.807) is 36.4 Å². The molecule has 0 spiro atoms. The fourth-order valence-corrected chi connectivity index (χ4v) is 2.44. The van der Waals surface area contributed by atoms with Crippen molar-refractivity contribution in [3.63, 3.8) is 0 Å². The summed E-state index contributed by atoms with van der Waals surface area (Å²) in [5.74, 6) is 0.860. The Balaban J connectivity index is 1.42. The van der Waals surface area contributed by atoms with Gasteiger partial charge in [0.1, 0.15) is 0 Å². The Morgan fingerprint density at radius 2 is 1.88 bits per heavy atom. The number of nitrogens with one attached hydrogen (secondary N) is 3. The van der Waals surface area contributed by atoms with Crippen LogP contribution in [0, 0.1) is 0 Å². The molecular weight excluding hydrogens is 346 g/mol. The molecule has 1 aliphatic rings. The number of carbonyl (C=O) groups is 2. The van der Waals surface area contributed by atoms with Crippen LogP contribution in [0.2, 0.25) is 5.02 Å². The maximum atomic E-state index is 11.9. The monoisotopic (exact) mass is 361 g/mol. The van der Waals surface area contributed by atoms with Crippen LogP contribution in [0.1, 0.15) is 5.56 Å². The Bertz CT molecular complexity index is 797. The van der Waals surface area contributed by atoms with Crippen molar-refractivity contribution in [2.24, 2.45) is 0 Å². The summed E-state index contributed by atoms with van der Waals surface area (Å²) in [4.78, 5) is 23.6. The molecule has 0 saturated carbocycles. The lowest BCUT2D eigenvalue weighted by Gasteiger charge is -2.09. The first-order valence-electron chi connectivity index (χ1n) is 7.56. The fraction of sp³-hybridized carbons (Fsp3) is 0.176. The maximum absolute atomic E-state index is 11.9. The molecule has 0 saturated heterocycles. The van der Waals surface area contributed by atoms with Gasteiger partial charge in [-0.15, -0.1) is 0 Å². The van der Waals surface area contributed by atoms with Crippen molar-refractivity contribution in [2.75, 3.05) is 18.7 Å². The van der Waals surface area contributed by atoms with E-state index >= 15 is 0 Å². The average Bonchev–Trinajstić information content (AvgIpc) is 3.06. The number of carbonyl (C=O) groups excluding carboxylic acids is 2. The summed E-state index contributed by atoms with van der Waals surface area (Å²) in [5, 5.41) is 8.42. The highest BCUT2D eigenvalue weighted by molar-refractivity contribution is 6.30. The minimum atomic E-state index is -0.444. The van der Waals surface area contributed by atoms with Gasteiger partial charge in [0, 0.05) is 23.3 Å². The number of amides is 3. The van der Waals surface area contributed by atoms with Gasteiger partial charge in [-0.2, -0.15) is 0 Å². The molecule has 1 aliphatic heterocycles. The molecule has 0 bridgehead atoms. The van der Waals surface area contributed by atoms with Gasteiger partial charge < -0.3 is 25.4 Å². The van der Waals surface area contributed by atoms with Crippen molar-refractivity contribution in [1.82, 2.24) is 10.6 Å². The van der Waals surface area contributed by atoms with Crippen LogP contribution in [0.4, 0.5) is 10.5 Å². The van der Waals surface area contributed by atoms with E-state index < -0.39 is 6.03 Å². The summed E-state index contributed by atoms with van der Waals surface area (Å²) < 4.78 is 10.4. The highest BCUT2D eigenvalue weighted by Crippen LogP contribution is 2.34. The summed E-state index contributed by atoms with van der Waals surface area (Å²) in [7, 11) is 0. The number of hydrogen-bond acceptors (Lipinski definition) is 4. The van der Waals surface area contributed by atoms with Crippen LogP contribution in [0.15, 0.2) is 42.5 Å². The number of ether oxygens (including phenoxy) is 2. The van der Waals surface area contributed by atoms with Gasteiger partial charge in [-0.3, -0.25) is 4.79 Å². The number of hydrogen-bond donors (Lipinski definition) is 3. The molecule has 1 heterocycles. The van der Waals surface area contributed by atoms with Gasteiger partial charge in [-0.1, -0.05) is 23.7 Å². The second-order valence-electron chi connectivity index (χ2n) is 5.28. The third kappa shape index (κ3) is 4.77. The van der Waals surface area contributed by atoms with E-state index in [2.05, 4.69) is 16.0 Å². The van der Waals surface area contributed by atoms with E-state index in [0.29, 0.717) is 28.8 Å². The Morgan fingerprint density at radius 1 is 1.04 bits per heavy atom. The van der Waals surface area contributed by atoms with E-state index in [0.717, 1.165) is 5.56 Å². The highest BCUT2D eigenvalue weighted by atomic mass is 35.5. The maximum Gasteiger partial charge on any atom is 0.315 e. The second-order valence-corrected chi connectivity index (χ2v) is 5.72. The number of rotatable bonds is 5. The molecule has 7 nitrogen and oxygen atoms in total. The summed E-state index contributed by atoms with van der Waals surface area (Å²) in [6.07, 6.45) is 0. The molecule has 8 heteroatoms. The van der Waals surface area contributed by atoms with Crippen LogP contribution in [-0.2, 0) is 11.3 Å². The SMILES string of the molecule is O=C(CNC(=O)NCc1cccc(Cl)c1)Nc1ccc2c(c1)OCO2. The molecule has 25 heavy (non-hydrogen) atoms. The smallest absolute Gasteiger partial charge is 0.315 e. The van der Waals surface area contributed by atoms with Crippen LogP contribution < -0.4 is 25.4 Å². The predicted molar refractivity (Wildman–Crippen MR) is 92.9 cm³/mol. The number of halogens is 1. The molecule has 0 aromatic heterocycles. The fourth-order valence-electron chi connectivity index (χ4n) is 2.23. The van der Waals surface area contributed by atoms with Crippen LogP contribution in [0.25, 0.3) is 0 Å². The van der Waals surface area contributed by atoms with Gasteiger partial charge in [-0.25, -0.2) is 4.79 Å². The normalized spacial score (nSPS) is 11.7. The van der Waals surface area contributed by atoms with Crippen LogP contribution >= 0.6 is 11.6 Å². The first-order chi connectivity index (χ1) is 12.1. The standard InChI is InChI=1S/C17H16ClN3O4/c18-12-3-1-2-11(6-12)8-19-17(23)20-9-16(22)21-13-4-5-14-15(7-13)25-10-24-14/h1-7H,8-10H2,(H,21,22)(H2,19,20,23). The van der Waals surface area contributed by atoms with E-state index in [1.807, 2.05) is 6.07 Å². The lowest BCUT2D eigenvalue weighted by atomic mass is 10.2. The molecule has 3 rings (SSSR count). The highest BCUT2D eigenvalue weighted by Gasteiger charge is 2.14. The largest absolute Gasteiger partial charge is 0.454 e. The molecule has 0 fully saturated rings. The van der Waals surface area contributed by atoms with Crippen molar-refractivity contribution >= 4 is 29.2 Å². The second kappa shape index (κ2) is 7.76. The van der Waals surface area contributed by atoms with Gasteiger partial charge in [-0.05, 0) is 29.8 Å². The molecule has 0 unspecified atom stereocenters. The Labute approximate surface area is 149 Å². The third-order valence-electron chi connectivity index (χ3n) is 3.41. The molecule has 3 amide bonds. The molecule has 130 valence electrons. The Morgan fingerprint density at radius 3 is 2.72 bits per heavy atom. The van der Waals surface area contributed by atoms with Crippen molar-refractivity contribution in [2.45, 2.75) is 6.54 Å². The lowest BCUT2D eigenvalue weighted by molar-refractivity contribution is -0.115. The van der Waals surface area contributed by atoms with E-state index in [-0.39, 0.29) is 19.2 Å². The molecule has 3 N–H and O–H groups in total. The van der Waals surface area contributed by atoms with Crippen molar-refractivity contribution in [3.8, 4) is 11.5 Å². The number of anilines is 1. The zero-order valence-electron chi connectivity index (χ0n) is 13.2. The van der Waals surface area contributed by atoms with E-state index in [1.165, 1.54) is 0 Å². The zero-order valence-corrected chi connectivity index (χ0v) is 13.9. The van der Waals surface area contributed by atoms with Crippen molar-refractivity contribution < 1.29 is 19.1 Å². The molecule has 0 radical (unpaired) electrons. The van der Waals surface area contributed by atoms with Gasteiger partial charge in [0.15, 0.2) is 11.5 Å². The van der Waals surface area contributed by atoms with E-state index in [4.69, 9.17) is 21.1 Å². The van der Waals surface area contributed by atoms with Gasteiger partial charge >= 0.3 is 6.03 Å². The van der Waals surface area contributed by atoms with Crippen LogP contribution in [0.5, 0.6) is 11.5 Å². The first kappa shape index (κ1) is 16.9. The molecule has 0 atom stereocenters. The molecular formula is C17H16ClN3O4. The molecule has 0 aliphatic carbocycles. The Kier molecular flexibility index (Phi) is 5.25. The summed E-state index contributed by atoms with van der Waals surface area (Å²) in [5.41, 5.74) is 1.43. The topological polar surface area (TPSA) is 88.7 Å². The summed E-state index contributed by atoms with van der Waals surface area (Å²) in [6.45, 7) is 0.326. The lowest BCUT2D eigenvalue weighted by Crippen LogP contribution is -2.39. The quantitative estimate of drug-likeness (QED) is 0.763. The van der Waals surface area contributed by atoms with Gasteiger partial charge in [0.2, 0.25) is 12.7 Å². The molecule has 2 aromatic rings. The van der Waals surface area contributed by atoms with Crippen LogP contribution in [0.3, 0.4) is 0 Å². The summed E-state index contributed by atoms with van der Waals surface area (Å²) in [6, 6.07) is 11.8. The summed E-state index contributed by atoms with van der Waals surface area (Å²) >= 11 is 5.88. The minimum absolute atomic E-state index is 0.157. The van der Waals surface area contributed by atoms with E-state index in [9.17, 15) is 9.59 Å². The minimum Gasteiger partial charge on any atom is -0.454 e. The van der Waals surface area contributed by atoms with Gasteiger partial charge in [0.05, 0.1) is 6.54 Å². The molecule has 2 aromatic carbocycles. The average molecular weight is 362 g/mol.